The summed E-state index contributed by atoms with van der Waals surface area (Å²) < 4.78 is 5.58. The van der Waals surface area contributed by atoms with Gasteiger partial charge in [-0.2, -0.15) is 0 Å². The van der Waals surface area contributed by atoms with Crippen LogP contribution in [0.5, 0.6) is 5.75 Å². The minimum Gasteiger partial charge on any atom is -0.484 e. The van der Waals surface area contributed by atoms with Crippen LogP contribution >= 0.6 is 11.3 Å². The van der Waals surface area contributed by atoms with Crippen LogP contribution in [0.1, 0.15) is 31.7 Å². The van der Waals surface area contributed by atoms with Gasteiger partial charge >= 0.3 is 0 Å². The molecule has 0 unspecified atom stereocenters. The number of thiazole rings is 1. The zero-order chi connectivity index (χ0) is 16.9. The Bertz CT molecular complexity index is 655. The van der Waals surface area contributed by atoms with E-state index in [0.717, 1.165) is 30.4 Å². The van der Waals surface area contributed by atoms with Crippen LogP contribution < -0.4 is 15.0 Å². The zero-order valence-corrected chi connectivity index (χ0v) is 14.9. The molecule has 1 N–H and O–H groups in total. The Morgan fingerprint density at radius 1 is 1.42 bits per heavy atom. The molecule has 128 valence electrons. The molecule has 2 heterocycles. The van der Waals surface area contributed by atoms with Crippen molar-refractivity contribution in [3.63, 3.8) is 0 Å². The Morgan fingerprint density at radius 2 is 2.21 bits per heavy atom. The number of nitrogens with zero attached hydrogens (tertiary/aromatic N) is 2. The third-order valence-corrected chi connectivity index (χ3v) is 4.99. The lowest BCUT2D eigenvalue weighted by Crippen LogP contribution is -2.39. The second-order valence-corrected chi connectivity index (χ2v) is 7.20. The number of carbonyl (C=O) groups excluding carboxylic acids is 1. The van der Waals surface area contributed by atoms with E-state index in [1.165, 1.54) is 5.56 Å². The van der Waals surface area contributed by atoms with Gasteiger partial charge in [-0.1, -0.05) is 26.0 Å². The van der Waals surface area contributed by atoms with E-state index in [-0.39, 0.29) is 18.6 Å². The van der Waals surface area contributed by atoms with Gasteiger partial charge in [0.2, 0.25) is 0 Å². The first kappa shape index (κ1) is 16.8. The summed E-state index contributed by atoms with van der Waals surface area (Å²) in [5.74, 6) is 1.14. The maximum absolute atomic E-state index is 12.1. The number of carbonyl (C=O) groups is 1. The molecule has 0 radical (unpaired) electrons. The molecule has 1 fully saturated rings. The lowest BCUT2D eigenvalue weighted by molar-refractivity contribution is -0.123. The molecule has 1 atom stereocenters. The summed E-state index contributed by atoms with van der Waals surface area (Å²) in [6.45, 7) is 6.09. The highest BCUT2D eigenvalue weighted by Crippen LogP contribution is 2.22. The summed E-state index contributed by atoms with van der Waals surface area (Å²) in [5, 5.41) is 6.04. The second-order valence-electron chi connectivity index (χ2n) is 6.33. The average Bonchev–Trinajstić information content (AvgIpc) is 3.24. The van der Waals surface area contributed by atoms with Crippen molar-refractivity contribution in [1.82, 2.24) is 10.3 Å². The van der Waals surface area contributed by atoms with Crippen molar-refractivity contribution in [3.05, 3.63) is 41.4 Å². The molecule has 1 aromatic heterocycles. The van der Waals surface area contributed by atoms with Crippen LogP contribution in [-0.4, -0.2) is 36.6 Å². The minimum absolute atomic E-state index is 0.0504. The Kier molecular flexibility index (Phi) is 5.35. The van der Waals surface area contributed by atoms with Crippen molar-refractivity contribution in [3.8, 4) is 5.75 Å². The molecule has 0 bridgehead atoms. The van der Waals surface area contributed by atoms with Gasteiger partial charge in [0.25, 0.3) is 5.91 Å². The van der Waals surface area contributed by atoms with Gasteiger partial charge in [0, 0.05) is 30.7 Å². The number of ether oxygens (including phenoxy) is 1. The minimum atomic E-state index is -0.0751. The van der Waals surface area contributed by atoms with Gasteiger partial charge < -0.3 is 15.0 Å². The van der Waals surface area contributed by atoms with E-state index >= 15 is 0 Å². The topological polar surface area (TPSA) is 54.5 Å². The van der Waals surface area contributed by atoms with Gasteiger partial charge in [0.05, 0.1) is 0 Å². The van der Waals surface area contributed by atoms with Crippen LogP contribution in [0.4, 0.5) is 5.13 Å². The fraction of sp³-hybridized carbons (Fsp3) is 0.444. The molecular weight excluding hydrogens is 322 g/mol. The number of benzene rings is 1. The largest absolute Gasteiger partial charge is 0.484 e. The molecule has 5 nitrogen and oxygen atoms in total. The van der Waals surface area contributed by atoms with Gasteiger partial charge in [-0.25, -0.2) is 4.98 Å². The van der Waals surface area contributed by atoms with Crippen molar-refractivity contribution in [1.29, 1.82) is 0 Å². The molecule has 0 spiro atoms. The maximum Gasteiger partial charge on any atom is 0.258 e. The normalized spacial score (nSPS) is 17.3. The summed E-state index contributed by atoms with van der Waals surface area (Å²) in [6.07, 6.45) is 2.75. The Labute approximate surface area is 146 Å². The SMILES string of the molecule is CC(C)c1ccc(OCC(=O)N[C@@H]2CCN(c3nccs3)C2)cc1. The lowest BCUT2D eigenvalue weighted by Gasteiger charge is -2.16. The fourth-order valence-electron chi connectivity index (χ4n) is 2.79. The highest BCUT2D eigenvalue weighted by Gasteiger charge is 2.25. The third-order valence-electron chi connectivity index (χ3n) is 4.16. The number of nitrogens with one attached hydrogen (secondary N) is 1. The van der Waals surface area contributed by atoms with Crippen molar-refractivity contribution in [2.75, 3.05) is 24.6 Å². The lowest BCUT2D eigenvalue weighted by atomic mass is 10.0. The van der Waals surface area contributed by atoms with Crippen LogP contribution in [0.3, 0.4) is 0 Å². The van der Waals surface area contributed by atoms with E-state index in [2.05, 4.69) is 29.0 Å². The summed E-state index contributed by atoms with van der Waals surface area (Å²) >= 11 is 1.63. The second kappa shape index (κ2) is 7.66. The van der Waals surface area contributed by atoms with E-state index < -0.39 is 0 Å². The first-order valence-electron chi connectivity index (χ1n) is 8.28. The van der Waals surface area contributed by atoms with Crippen LogP contribution in [0, 0.1) is 0 Å². The van der Waals surface area contributed by atoms with Crippen LogP contribution in [0.25, 0.3) is 0 Å². The summed E-state index contributed by atoms with van der Waals surface area (Å²) in [4.78, 5) is 18.6. The van der Waals surface area contributed by atoms with Gasteiger partial charge in [-0.3, -0.25) is 4.79 Å². The molecule has 0 aliphatic carbocycles. The summed E-state index contributed by atoms with van der Waals surface area (Å²) in [6, 6.07) is 8.08. The number of aromatic nitrogens is 1. The Morgan fingerprint density at radius 3 is 2.88 bits per heavy atom. The first-order chi connectivity index (χ1) is 11.6. The molecule has 1 aliphatic rings. The number of amides is 1. The average molecular weight is 345 g/mol. The first-order valence-corrected chi connectivity index (χ1v) is 9.16. The number of hydrogen-bond donors (Lipinski definition) is 1. The van der Waals surface area contributed by atoms with Crippen molar-refractivity contribution in [2.24, 2.45) is 0 Å². The quantitative estimate of drug-likeness (QED) is 0.874. The van der Waals surface area contributed by atoms with E-state index in [0.29, 0.717) is 5.92 Å². The van der Waals surface area contributed by atoms with Crippen LogP contribution in [0.15, 0.2) is 35.8 Å². The molecule has 3 rings (SSSR count). The van der Waals surface area contributed by atoms with E-state index in [1.54, 1.807) is 11.3 Å². The summed E-state index contributed by atoms with van der Waals surface area (Å²) in [7, 11) is 0. The van der Waals surface area contributed by atoms with Crippen molar-refractivity contribution in [2.45, 2.75) is 32.2 Å². The monoisotopic (exact) mass is 345 g/mol. The zero-order valence-electron chi connectivity index (χ0n) is 14.1. The van der Waals surface area contributed by atoms with Crippen LogP contribution in [-0.2, 0) is 4.79 Å². The number of rotatable bonds is 6. The van der Waals surface area contributed by atoms with Gasteiger partial charge in [0.1, 0.15) is 5.75 Å². The number of hydrogen-bond acceptors (Lipinski definition) is 5. The molecule has 24 heavy (non-hydrogen) atoms. The van der Waals surface area contributed by atoms with E-state index in [1.807, 2.05) is 35.8 Å². The summed E-state index contributed by atoms with van der Waals surface area (Å²) in [5.41, 5.74) is 1.26. The highest BCUT2D eigenvalue weighted by atomic mass is 32.1. The van der Waals surface area contributed by atoms with Gasteiger partial charge in [-0.15, -0.1) is 11.3 Å². The Hall–Kier alpha value is -2.08. The molecule has 1 amide bonds. The molecule has 6 heteroatoms. The van der Waals surface area contributed by atoms with Crippen molar-refractivity contribution < 1.29 is 9.53 Å². The molecule has 1 saturated heterocycles. The highest BCUT2D eigenvalue weighted by molar-refractivity contribution is 7.13. The smallest absolute Gasteiger partial charge is 0.258 e. The van der Waals surface area contributed by atoms with Crippen LogP contribution in [0.2, 0.25) is 0 Å². The third kappa shape index (κ3) is 4.26. The molecular formula is C18H23N3O2S. The van der Waals surface area contributed by atoms with Gasteiger partial charge in [-0.05, 0) is 30.0 Å². The predicted molar refractivity (Wildman–Crippen MR) is 96.9 cm³/mol. The fourth-order valence-corrected chi connectivity index (χ4v) is 3.47. The molecule has 1 aliphatic heterocycles. The van der Waals surface area contributed by atoms with Crippen molar-refractivity contribution >= 4 is 22.4 Å². The van der Waals surface area contributed by atoms with Gasteiger partial charge in [0.15, 0.2) is 11.7 Å². The predicted octanol–water partition coefficient (Wildman–Crippen LogP) is 3.04. The van der Waals surface area contributed by atoms with E-state index in [9.17, 15) is 4.79 Å². The maximum atomic E-state index is 12.1. The van der Waals surface area contributed by atoms with E-state index in [4.69, 9.17) is 4.74 Å². The standard InChI is InChI=1S/C18H23N3O2S/c1-13(2)14-3-5-16(6-4-14)23-12-17(22)20-15-7-9-21(11-15)18-19-8-10-24-18/h3-6,8,10,13,15H,7,9,11-12H2,1-2H3,(H,20,22)/t15-/m1/s1. The molecule has 0 saturated carbocycles. The number of anilines is 1. The molecule has 1 aromatic carbocycles. The Balaban J connectivity index is 1.43. The molecule has 2 aromatic rings.